The van der Waals surface area contributed by atoms with Gasteiger partial charge in [0.2, 0.25) is 0 Å². The summed E-state index contributed by atoms with van der Waals surface area (Å²) in [6.45, 7) is 0. The lowest BCUT2D eigenvalue weighted by molar-refractivity contribution is 0.103. The lowest BCUT2D eigenvalue weighted by atomic mass is 10.1. The number of pyridine rings is 1. The number of nitrogens with zero attached hydrogens (tertiary/aromatic N) is 1. The topological polar surface area (TPSA) is 39.2 Å². The SMILES string of the molecule is O=C(c1ccc(OC2CC2)cc1)c1cccnc1. The van der Waals surface area contributed by atoms with Crippen LogP contribution in [0, 0.1) is 0 Å². The summed E-state index contributed by atoms with van der Waals surface area (Å²) < 4.78 is 5.64. The second-order valence-electron chi connectivity index (χ2n) is 4.41. The minimum Gasteiger partial charge on any atom is -0.490 e. The third kappa shape index (κ3) is 2.40. The standard InChI is InChI=1S/C15H13NO2/c17-15(12-2-1-9-16-10-12)11-3-5-13(6-4-11)18-14-7-8-14/h1-6,9-10,14H,7-8H2. The summed E-state index contributed by atoms with van der Waals surface area (Å²) in [5.74, 6) is 0.821. The van der Waals surface area contributed by atoms with Crippen molar-refractivity contribution in [3.63, 3.8) is 0 Å². The van der Waals surface area contributed by atoms with Gasteiger partial charge in [-0.15, -0.1) is 0 Å². The fraction of sp³-hybridized carbons (Fsp3) is 0.200. The maximum Gasteiger partial charge on any atom is 0.194 e. The first-order valence-electron chi connectivity index (χ1n) is 6.04. The van der Waals surface area contributed by atoms with Gasteiger partial charge in [-0.1, -0.05) is 0 Å². The number of hydrogen-bond donors (Lipinski definition) is 0. The molecule has 3 nitrogen and oxygen atoms in total. The molecule has 0 saturated heterocycles. The zero-order chi connectivity index (χ0) is 12.4. The van der Waals surface area contributed by atoms with Gasteiger partial charge in [-0.05, 0) is 49.2 Å². The van der Waals surface area contributed by atoms with E-state index >= 15 is 0 Å². The Balaban J connectivity index is 1.77. The number of aromatic nitrogens is 1. The molecule has 1 aliphatic carbocycles. The number of carbonyl (C=O) groups excluding carboxylic acids is 1. The van der Waals surface area contributed by atoms with Crippen molar-refractivity contribution in [1.29, 1.82) is 0 Å². The van der Waals surface area contributed by atoms with Gasteiger partial charge in [0.05, 0.1) is 6.10 Å². The van der Waals surface area contributed by atoms with Gasteiger partial charge in [0.1, 0.15) is 5.75 Å². The Morgan fingerprint density at radius 3 is 2.50 bits per heavy atom. The largest absolute Gasteiger partial charge is 0.490 e. The molecule has 2 aromatic rings. The fourth-order valence-electron chi connectivity index (χ4n) is 1.73. The molecule has 0 bridgehead atoms. The number of ether oxygens (including phenoxy) is 1. The van der Waals surface area contributed by atoms with Crippen LogP contribution >= 0.6 is 0 Å². The highest BCUT2D eigenvalue weighted by Crippen LogP contribution is 2.26. The molecule has 18 heavy (non-hydrogen) atoms. The summed E-state index contributed by atoms with van der Waals surface area (Å²) in [7, 11) is 0. The molecule has 0 N–H and O–H groups in total. The van der Waals surface area contributed by atoms with E-state index in [1.807, 2.05) is 12.1 Å². The van der Waals surface area contributed by atoms with Gasteiger partial charge in [0.15, 0.2) is 5.78 Å². The summed E-state index contributed by atoms with van der Waals surface area (Å²) in [6, 6.07) is 10.8. The van der Waals surface area contributed by atoms with E-state index in [1.54, 1.807) is 36.7 Å². The second kappa shape index (κ2) is 4.61. The van der Waals surface area contributed by atoms with Crippen LogP contribution in [0.25, 0.3) is 0 Å². The summed E-state index contributed by atoms with van der Waals surface area (Å²) in [5.41, 5.74) is 1.26. The first-order valence-corrected chi connectivity index (χ1v) is 6.04. The van der Waals surface area contributed by atoms with Crippen molar-refractivity contribution >= 4 is 5.78 Å². The van der Waals surface area contributed by atoms with Crippen molar-refractivity contribution in [2.45, 2.75) is 18.9 Å². The highest BCUT2D eigenvalue weighted by molar-refractivity contribution is 6.08. The fourth-order valence-corrected chi connectivity index (χ4v) is 1.73. The van der Waals surface area contributed by atoms with E-state index in [9.17, 15) is 4.79 Å². The minimum absolute atomic E-state index is 0.0129. The molecule has 0 radical (unpaired) electrons. The normalized spacial score (nSPS) is 14.2. The predicted octanol–water partition coefficient (Wildman–Crippen LogP) is 2.85. The number of benzene rings is 1. The molecule has 0 aliphatic heterocycles. The first kappa shape index (κ1) is 11.0. The van der Waals surface area contributed by atoms with Crippen LogP contribution in [-0.2, 0) is 0 Å². The van der Waals surface area contributed by atoms with Crippen LogP contribution < -0.4 is 4.74 Å². The Morgan fingerprint density at radius 1 is 1.11 bits per heavy atom. The number of hydrogen-bond acceptors (Lipinski definition) is 3. The molecule has 0 spiro atoms. The molecule has 1 saturated carbocycles. The molecule has 90 valence electrons. The zero-order valence-electron chi connectivity index (χ0n) is 9.87. The van der Waals surface area contributed by atoms with Crippen molar-refractivity contribution in [3.05, 3.63) is 59.9 Å². The first-order chi connectivity index (χ1) is 8.83. The van der Waals surface area contributed by atoms with Crippen LogP contribution in [0.4, 0.5) is 0 Å². The van der Waals surface area contributed by atoms with Crippen LogP contribution in [0.1, 0.15) is 28.8 Å². The quantitative estimate of drug-likeness (QED) is 0.770. The Bertz CT molecular complexity index is 544. The molecule has 3 heteroatoms. The van der Waals surface area contributed by atoms with E-state index < -0.39 is 0 Å². The summed E-state index contributed by atoms with van der Waals surface area (Å²) in [5, 5.41) is 0. The van der Waals surface area contributed by atoms with Gasteiger partial charge in [0, 0.05) is 23.5 Å². The summed E-state index contributed by atoms with van der Waals surface area (Å²) in [6.07, 6.45) is 5.89. The smallest absolute Gasteiger partial charge is 0.194 e. The monoisotopic (exact) mass is 239 g/mol. The Kier molecular flexibility index (Phi) is 2.81. The Hall–Kier alpha value is -2.16. The highest BCUT2D eigenvalue weighted by Gasteiger charge is 2.23. The van der Waals surface area contributed by atoms with Crippen molar-refractivity contribution < 1.29 is 9.53 Å². The van der Waals surface area contributed by atoms with Crippen LogP contribution in [-0.4, -0.2) is 16.9 Å². The third-order valence-corrected chi connectivity index (χ3v) is 2.87. The van der Waals surface area contributed by atoms with Crippen LogP contribution in [0.3, 0.4) is 0 Å². The Morgan fingerprint density at radius 2 is 1.89 bits per heavy atom. The lowest BCUT2D eigenvalue weighted by Gasteiger charge is -2.05. The second-order valence-corrected chi connectivity index (χ2v) is 4.41. The van der Waals surface area contributed by atoms with Crippen LogP contribution in [0.5, 0.6) is 5.75 Å². The van der Waals surface area contributed by atoms with Crippen molar-refractivity contribution in [1.82, 2.24) is 4.98 Å². The van der Waals surface area contributed by atoms with Gasteiger partial charge >= 0.3 is 0 Å². The molecule has 1 aromatic heterocycles. The maximum absolute atomic E-state index is 12.1. The summed E-state index contributed by atoms with van der Waals surface area (Å²) in [4.78, 5) is 16.1. The van der Waals surface area contributed by atoms with Gasteiger partial charge in [-0.25, -0.2) is 0 Å². The average molecular weight is 239 g/mol. The lowest BCUT2D eigenvalue weighted by Crippen LogP contribution is -2.02. The zero-order valence-corrected chi connectivity index (χ0v) is 9.87. The molecule has 0 atom stereocenters. The molecule has 0 amide bonds. The predicted molar refractivity (Wildman–Crippen MR) is 67.8 cm³/mol. The number of carbonyl (C=O) groups is 1. The Labute approximate surface area is 105 Å². The maximum atomic E-state index is 12.1. The molecule has 1 aliphatic rings. The highest BCUT2D eigenvalue weighted by atomic mass is 16.5. The molecule has 0 unspecified atom stereocenters. The van der Waals surface area contributed by atoms with E-state index in [-0.39, 0.29) is 5.78 Å². The van der Waals surface area contributed by atoms with Gasteiger partial charge < -0.3 is 4.74 Å². The van der Waals surface area contributed by atoms with Gasteiger partial charge in [0.25, 0.3) is 0 Å². The van der Waals surface area contributed by atoms with Crippen molar-refractivity contribution in [2.75, 3.05) is 0 Å². The van der Waals surface area contributed by atoms with Gasteiger partial charge in [-0.2, -0.15) is 0 Å². The van der Waals surface area contributed by atoms with Gasteiger partial charge in [-0.3, -0.25) is 9.78 Å². The van der Waals surface area contributed by atoms with Crippen molar-refractivity contribution in [2.24, 2.45) is 0 Å². The van der Waals surface area contributed by atoms with E-state index in [4.69, 9.17) is 4.74 Å². The molecule has 1 heterocycles. The molecule has 3 rings (SSSR count). The van der Waals surface area contributed by atoms with E-state index in [0.717, 1.165) is 18.6 Å². The van der Waals surface area contributed by atoms with Crippen molar-refractivity contribution in [3.8, 4) is 5.75 Å². The summed E-state index contributed by atoms with van der Waals surface area (Å²) >= 11 is 0. The molecule has 1 aromatic carbocycles. The van der Waals surface area contributed by atoms with Crippen LogP contribution in [0.15, 0.2) is 48.8 Å². The van der Waals surface area contributed by atoms with E-state index in [1.165, 1.54) is 0 Å². The van der Waals surface area contributed by atoms with E-state index in [0.29, 0.717) is 17.2 Å². The van der Waals surface area contributed by atoms with E-state index in [2.05, 4.69) is 4.98 Å². The third-order valence-electron chi connectivity index (χ3n) is 2.87. The molecule has 1 fully saturated rings. The number of rotatable bonds is 4. The minimum atomic E-state index is -0.0129. The average Bonchev–Trinajstić information content (AvgIpc) is 3.24. The van der Waals surface area contributed by atoms with Crippen LogP contribution in [0.2, 0.25) is 0 Å². The molecular weight excluding hydrogens is 226 g/mol. The molecular formula is C15H13NO2. The number of ketones is 1.